The fourth-order valence-corrected chi connectivity index (χ4v) is 3.44. The van der Waals surface area contributed by atoms with Crippen molar-refractivity contribution in [2.75, 3.05) is 6.26 Å². The number of sulfone groups is 1. The van der Waals surface area contributed by atoms with Gasteiger partial charge in [-0.25, -0.2) is 8.42 Å². The van der Waals surface area contributed by atoms with Crippen LogP contribution in [0.25, 0.3) is 0 Å². The van der Waals surface area contributed by atoms with Crippen LogP contribution in [0.2, 0.25) is 0 Å². The highest BCUT2D eigenvalue weighted by atomic mass is 32.2. The lowest BCUT2D eigenvalue weighted by molar-refractivity contribution is -0.142. The van der Waals surface area contributed by atoms with Gasteiger partial charge >= 0.3 is 0 Å². The Bertz CT molecular complexity index is 1060. The minimum Gasteiger partial charge on any atom is -0.381 e. The largest absolute Gasteiger partial charge is 0.381 e. The van der Waals surface area contributed by atoms with Crippen molar-refractivity contribution in [3.05, 3.63) is 65.2 Å². The topological polar surface area (TPSA) is 93.1 Å². The molecule has 8 heteroatoms. The summed E-state index contributed by atoms with van der Waals surface area (Å²) in [5, 5.41) is 4.08. The number of amides is 1. The Morgan fingerprint density at radius 2 is 1.86 bits per heavy atom. The molecule has 1 aliphatic rings. The van der Waals surface area contributed by atoms with Crippen molar-refractivity contribution in [3.8, 4) is 0 Å². The minimum atomic E-state index is -3.30. The number of carbonyl (C=O) groups excluding carboxylic acids is 2. The summed E-state index contributed by atoms with van der Waals surface area (Å²) in [5.74, 6) is -0.0643. The maximum Gasteiger partial charge on any atom is 0.272 e. The summed E-state index contributed by atoms with van der Waals surface area (Å²) in [6.45, 7) is 3.26. The lowest BCUT2D eigenvalue weighted by Gasteiger charge is -2.30. The van der Waals surface area contributed by atoms with E-state index in [9.17, 15) is 18.0 Å². The first kappa shape index (κ1) is 19.8. The molecule has 3 rings (SSSR count). The molecule has 0 fully saturated rings. The Morgan fingerprint density at radius 1 is 1.18 bits per heavy atom. The highest BCUT2D eigenvalue weighted by Gasteiger charge is 2.32. The molecule has 0 spiro atoms. The highest BCUT2D eigenvalue weighted by molar-refractivity contribution is 7.90. The average molecular weight is 400 g/mol. The molecule has 0 saturated heterocycles. The van der Waals surface area contributed by atoms with E-state index in [-0.39, 0.29) is 23.1 Å². The van der Waals surface area contributed by atoms with E-state index in [0.29, 0.717) is 17.0 Å². The Morgan fingerprint density at radius 3 is 2.46 bits per heavy atom. The summed E-state index contributed by atoms with van der Waals surface area (Å²) in [6.07, 6.45) is 0.400. The quantitative estimate of drug-likeness (QED) is 0.719. The zero-order valence-corrected chi connectivity index (χ0v) is 16.6. The number of rotatable bonds is 5. The van der Waals surface area contributed by atoms with Gasteiger partial charge in [0.1, 0.15) is 0 Å². The first-order valence-electron chi connectivity index (χ1n) is 8.62. The maximum atomic E-state index is 12.7. The van der Waals surface area contributed by atoms with Crippen LogP contribution in [0.4, 0.5) is 0 Å². The van der Waals surface area contributed by atoms with E-state index in [1.165, 1.54) is 24.0 Å². The predicted octanol–water partition coefficient (Wildman–Crippen LogP) is 2.40. The molecule has 0 radical (unpaired) electrons. The van der Waals surface area contributed by atoms with Crippen molar-refractivity contribution in [1.29, 1.82) is 0 Å². The van der Waals surface area contributed by atoms with Crippen molar-refractivity contribution in [2.45, 2.75) is 31.4 Å². The van der Waals surface area contributed by atoms with Crippen LogP contribution in [0, 0.1) is 0 Å². The molecule has 146 valence electrons. The number of benzene rings is 2. The van der Waals surface area contributed by atoms with Gasteiger partial charge in [0.25, 0.3) is 5.91 Å². The second-order valence-corrected chi connectivity index (χ2v) is 8.66. The molecule has 7 nitrogen and oxygen atoms in total. The number of oxime groups is 1. The van der Waals surface area contributed by atoms with E-state index >= 15 is 0 Å². The van der Waals surface area contributed by atoms with Crippen LogP contribution in [-0.2, 0) is 26.0 Å². The van der Waals surface area contributed by atoms with E-state index < -0.39 is 15.9 Å². The van der Waals surface area contributed by atoms with Gasteiger partial charge < -0.3 is 4.84 Å². The van der Waals surface area contributed by atoms with Gasteiger partial charge in [-0.1, -0.05) is 35.5 Å². The maximum absolute atomic E-state index is 12.7. The third kappa shape index (κ3) is 4.12. The van der Waals surface area contributed by atoms with Crippen molar-refractivity contribution in [1.82, 2.24) is 4.90 Å². The number of nitrogens with zero attached hydrogens (tertiary/aromatic N) is 2. The molecule has 0 saturated carbocycles. The zero-order chi connectivity index (χ0) is 20.5. The van der Waals surface area contributed by atoms with E-state index in [1.54, 1.807) is 43.3 Å². The van der Waals surface area contributed by atoms with Crippen LogP contribution >= 0.6 is 0 Å². The van der Waals surface area contributed by atoms with Gasteiger partial charge in [-0.3, -0.25) is 14.5 Å². The third-order valence-corrected chi connectivity index (χ3v) is 5.51. The minimum absolute atomic E-state index is 0.0956. The van der Waals surface area contributed by atoms with Gasteiger partial charge in [0.15, 0.2) is 21.5 Å². The van der Waals surface area contributed by atoms with E-state index in [4.69, 9.17) is 4.84 Å². The van der Waals surface area contributed by atoms with Crippen molar-refractivity contribution >= 4 is 27.4 Å². The van der Waals surface area contributed by atoms with E-state index in [1.807, 2.05) is 0 Å². The Balaban J connectivity index is 1.95. The zero-order valence-electron chi connectivity index (χ0n) is 15.7. The second-order valence-electron chi connectivity index (χ2n) is 6.64. The SMILES string of the molecule is CC(=O)c1cccc(C2=NOC(C)C(=O)N2Cc2ccc(S(C)(=O)=O)cc2)c1. The number of hydrogen-bond acceptors (Lipinski definition) is 6. The molecule has 0 bridgehead atoms. The molecule has 0 N–H and O–H groups in total. The molecule has 1 atom stereocenters. The molecule has 1 amide bonds. The lowest BCUT2D eigenvalue weighted by Crippen LogP contribution is -2.46. The molecular formula is C20H20N2O5S. The molecule has 1 unspecified atom stereocenters. The van der Waals surface area contributed by atoms with Gasteiger partial charge in [-0.2, -0.15) is 0 Å². The van der Waals surface area contributed by atoms with Crippen LogP contribution in [0.1, 0.15) is 35.3 Å². The normalized spacial score (nSPS) is 17.1. The molecule has 0 aromatic heterocycles. The smallest absolute Gasteiger partial charge is 0.272 e. The second kappa shape index (κ2) is 7.55. The third-order valence-electron chi connectivity index (χ3n) is 4.39. The molecular weight excluding hydrogens is 380 g/mol. The average Bonchev–Trinajstić information content (AvgIpc) is 2.65. The van der Waals surface area contributed by atoms with E-state index in [2.05, 4.69) is 5.16 Å². The molecule has 28 heavy (non-hydrogen) atoms. The van der Waals surface area contributed by atoms with Gasteiger partial charge in [-0.15, -0.1) is 0 Å². The van der Waals surface area contributed by atoms with Crippen molar-refractivity contribution < 1.29 is 22.8 Å². The predicted molar refractivity (Wildman–Crippen MR) is 104 cm³/mol. The van der Waals surface area contributed by atoms with Gasteiger partial charge in [0.2, 0.25) is 6.10 Å². The van der Waals surface area contributed by atoms with Crippen molar-refractivity contribution in [3.63, 3.8) is 0 Å². The molecule has 0 aliphatic carbocycles. The Kier molecular flexibility index (Phi) is 5.33. The first-order chi connectivity index (χ1) is 13.2. The summed E-state index contributed by atoms with van der Waals surface area (Å²) in [4.78, 5) is 31.3. The van der Waals surface area contributed by atoms with Gasteiger partial charge in [0, 0.05) is 17.4 Å². The summed E-state index contributed by atoms with van der Waals surface area (Å²) in [6, 6.07) is 13.1. The summed E-state index contributed by atoms with van der Waals surface area (Å²) in [5.41, 5.74) is 1.83. The summed E-state index contributed by atoms with van der Waals surface area (Å²) >= 11 is 0. The molecule has 2 aromatic carbocycles. The number of hydrogen-bond donors (Lipinski definition) is 0. The molecule has 1 aliphatic heterocycles. The standard InChI is InChI=1S/C20H20N2O5S/c1-13(23)16-5-4-6-17(11-16)19-21-27-14(2)20(24)22(19)12-15-7-9-18(10-8-15)28(3,25)26/h4-11,14H,12H2,1-3H3. The Hall–Kier alpha value is -3.00. The fraction of sp³-hybridized carbons (Fsp3) is 0.250. The summed E-state index contributed by atoms with van der Waals surface area (Å²) < 4.78 is 23.3. The van der Waals surface area contributed by atoms with Crippen LogP contribution < -0.4 is 0 Å². The van der Waals surface area contributed by atoms with Crippen LogP contribution in [0.5, 0.6) is 0 Å². The van der Waals surface area contributed by atoms with Gasteiger partial charge in [0.05, 0.1) is 11.4 Å². The van der Waals surface area contributed by atoms with Gasteiger partial charge in [-0.05, 0) is 37.6 Å². The molecule has 2 aromatic rings. The number of amidine groups is 1. The highest BCUT2D eigenvalue weighted by Crippen LogP contribution is 2.20. The van der Waals surface area contributed by atoms with Crippen LogP contribution in [0.3, 0.4) is 0 Å². The lowest BCUT2D eigenvalue weighted by atomic mass is 10.1. The fourth-order valence-electron chi connectivity index (χ4n) is 2.81. The van der Waals surface area contributed by atoms with Crippen LogP contribution in [0.15, 0.2) is 58.6 Å². The van der Waals surface area contributed by atoms with E-state index in [0.717, 1.165) is 11.8 Å². The molecule has 1 heterocycles. The number of carbonyl (C=O) groups is 2. The monoisotopic (exact) mass is 400 g/mol. The Labute approximate surface area is 163 Å². The van der Waals surface area contributed by atoms with Crippen molar-refractivity contribution in [2.24, 2.45) is 5.16 Å². The summed E-state index contributed by atoms with van der Waals surface area (Å²) in [7, 11) is -3.30. The first-order valence-corrected chi connectivity index (χ1v) is 10.5. The van der Waals surface area contributed by atoms with Crippen LogP contribution in [-0.4, -0.2) is 43.2 Å². The number of ketones is 1. The number of Topliss-reactive ketones (excluding diaryl/α,β-unsaturated/α-hetero) is 1.